The summed E-state index contributed by atoms with van der Waals surface area (Å²) in [6, 6.07) is 13.8. The van der Waals surface area contributed by atoms with Crippen LogP contribution in [0.2, 0.25) is 0 Å². The second-order valence-corrected chi connectivity index (χ2v) is 10.1. The van der Waals surface area contributed by atoms with Gasteiger partial charge in [0.1, 0.15) is 10.7 Å². The van der Waals surface area contributed by atoms with Gasteiger partial charge in [0, 0.05) is 37.3 Å². The Morgan fingerprint density at radius 1 is 1.06 bits per heavy atom. The molecule has 31 heavy (non-hydrogen) atoms. The smallest absolute Gasteiger partial charge is 0.245 e. The first-order valence-corrected chi connectivity index (χ1v) is 11.8. The van der Waals surface area contributed by atoms with Crippen molar-refractivity contribution < 1.29 is 12.8 Å². The van der Waals surface area contributed by atoms with E-state index in [9.17, 15) is 12.8 Å². The third kappa shape index (κ3) is 3.21. The summed E-state index contributed by atoms with van der Waals surface area (Å²) in [5.74, 6) is -0.132. The van der Waals surface area contributed by atoms with E-state index in [1.54, 1.807) is 13.1 Å². The van der Waals surface area contributed by atoms with Gasteiger partial charge in [0.05, 0.1) is 5.69 Å². The van der Waals surface area contributed by atoms with Crippen LogP contribution in [0.3, 0.4) is 0 Å². The quantitative estimate of drug-likeness (QED) is 0.676. The van der Waals surface area contributed by atoms with Crippen LogP contribution in [0.1, 0.15) is 24.0 Å². The summed E-state index contributed by atoms with van der Waals surface area (Å²) in [5.41, 5.74) is 4.10. The van der Waals surface area contributed by atoms with E-state index in [0.717, 1.165) is 23.2 Å². The fourth-order valence-electron chi connectivity index (χ4n) is 4.90. The highest BCUT2D eigenvalue weighted by atomic mass is 32.2. The molecular formula is C23H23FN4O2S. The van der Waals surface area contributed by atoms with E-state index in [4.69, 9.17) is 0 Å². The maximum atomic E-state index is 14.2. The van der Waals surface area contributed by atoms with E-state index in [1.807, 2.05) is 18.3 Å². The number of hydrogen-bond donors (Lipinski definition) is 1. The predicted octanol–water partition coefficient (Wildman–Crippen LogP) is 3.60. The van der Waals surface area contributed by atoms with Gasteiger partial charge < -0.3 is 5.32 Å². The minimum absolute atomic E-state index is 0.185. The normalized spacial score (nSPS) is 17.7. The molecule has 1 N–H and O–H groups in total. The largest absolute Gasteiger partial charge is 0.357 e. The van der Waals surface area contributed by atoms with Gasteiger partial charge in [-0.15, -0.1) is 0 Å². The molecule has 1 aliphatic carbocycles. The van der Waals surface area contributed by atoms with Gasteiger partial charge in [-0.25, -0.2) is 22.8 Å². The molecular weight excluding hydrogens is 415 g/mol. The van der Waals surface area contributed by atoms with E-state index in [-0.39, 0.29) is 10.3 Å². The number of hydrogen-bond acceptors (Lipinski definition) is 5. The molecule has 0 unspecified atom stereocenters. The number of aromatic nitrogens is 2. The Morgan fingerprint density at radius 3 is 2.52 bits per heavy atom. The van der Waals surface area contributed by atoms with Crippen LogP contribution in [0, 0.1) is 5.82 Å². The number of piperidine rings is 1. The zero-order valence-electron chi connectivity index (χ0n) is 17.2. The van der Waals surface area contributed by atoms with Crippen LogP contribution in [0.5, 0.6) is 0 Å². The van der Waals surface area contributed by atoms with Crippen LogP contribution < -0.4 is 5.32 Å². The van der Waals surface area contributed by atoms with Crippen molar-refractivity contribution in [2.45, 2.75) is 29.6 Å². The zero-order valence-corrected chi connectivity index (χ0v) is 18.0. The summed E-state index contributed by atoms with van der Waals surface area (Å²) in [5, 5.41) is 3.00. The number of halogens is 1. The Labute approximate surface area is 181 Å². The van der Waals surface area contributed by atoms with E-state index < -0.39 is 15.8 Å². The van der Waals surface area contributed by atoms with Crippen molar-refractivity contribution in [2.75, 3.05) is 25.5 Å². The molecule has 0 radical (unpaired) electrons. The molecule has 6 nitrogen and oxygen atoms in total. The molecule has 5 rings (SSSR count). The maximum Gasteiger partial charge on any atom is 0.245 e. The van der Waals surface area contributed by atoms with E-state index in [0.29, 0.717) is 31.9 Å². The molecule has 0 atom stereocenters. The Kier molecular flexibility index (Phi) is 4.79. The van der Waals surface area contributed by atoms with Gasteiger partial charge in [0.15, 0.2) is 0 Å². The van der Waals surface area contributed by atoms with Crippen LogP contribution in [-0.2, 0) is 21.9 Å². The average Bonchev–Trinajstić information content (AvgIpc) is 2.80. The van der Waals surface area contributed by atoms with Crippen molar-refractivity contribution in [1.82, 2.24) is 14.3 Å². The van der Waals surface area contributed by atoms with Crippen molar-refractivity contribution in [2.24, 2.45) is 0 Å². The fourth-order valence-corrected chi connectivity index (χ4v) is 6.40. The topological polar surface area (TPSA) is 75.2 Å². The molecule has 2 heterocycles. The Bertz CT molecular complexity index is 1250. The van der Waals surface area contributed by atoms with Crippen molar-refractivity contribution >= 4 is 16.0 Å². The lowest BCUT2D eigenvalue weighted by atomic mass is 9.64. The second-order valence-electron chi connectivity index (χ2n) is 8.15. The molecule has 1 saturated heterocycles. The first-order chi connectivity index (χ1) is 14.9. The third-order valence-corrected chi connectivity index (χ3v) is 8.44. The molecule has 1 aromatic heterocycles. The van der Waals surface area contributed by atoms with Crippen LogP contribution in [-0.4, -0.2) is 42.8 Å². The highest BCUT2D eigenvalue weighted by Gasteiger charge is 2.44. The first-order valence-electron chi connectivity index (χ1n) is 10.3. The lowest BCUT2D eigenvalue weighted by Crippen LogP contribution is -2.47. The highest BCUT2D eigenvalue weighted by Crippen LogP contribution is 2.48. The number of nitrogens with one attached hydrogen (secondary N) is 1. The minimum Gasteiger partial charge on any atom is -0.357 e. The zero-order chi connectivity index (χ0) is 21.6. The van der Waals surface area contributed by atoms with Gasteiger partial charge >= 0.3 is 0 Å². The number of nitrogens with zero attached hydrogens (tertiary/aromatic N) is 3. The van der Waals surface area contributed by atoms with E-state index in [2.05, 4.69) is 27.4 Å². The molecule has 0 amide bonds. The molecule has 1 aliphatic heterocycles. The van der Waals surface area contributed by atoms with Gasteiger partial charge in [-0.1, -0.05) is 36.4 Å². The van der Waals surface area contributed by atoms with Gasteiger partial charge in [-0.3, -0.25) is 0 Å². The molecule has 0 bridgehead atoms. The predicted molar refractivity (Wildman–Crippen MR) is 117 cm³/mol. The number of sulfonamides is 1. The molecule has 0 saturated carbocycles. The minimum atomic E-state index is -3.87. The first kappa shape index (κ1) is 20.1. The standard InChI is InChI=1S/C23H23FN4O2S/c1-25-22-26-15-16-14-23(18-7-3-2-6-17(18)21(16)27-22)10-12-28(13-11-23)31(29,30)20-9-5-4-8-19(20)24/h2-9,15H,10-14H2,1H3,(H,25,26,27). The summed E-state index contributed by atoms with van der Waals surface area (Å²) in [6.07, 6.45) is 3.95. The lowest BCUT2D eigenvalue weighted by molar-refractivity contribution is 0.228. The molecule has 8 heteroatoms. The highest BCUT2D eigenvalue weighted by molar-refractivity contribution is 7.89. The van der Waals surface area contributed by atoms with Crippen LogP contribution in [0.4, 0.5) is 10.3 Å². The third-order valence-electron chi connectivity index (χ3n) is 6.50. The van der Waals surface area contributed by atoms with Crippen molar-refractivity contribution in [3.63, 3.8) is 0 Å². The van der Waals surface area contributed by atoms with Crippen molar-refractivity contribution in [3.05, 3.63) is 71.7 Å². The summed E-state index contributed by atoms with van der Waals surface area (Å²) in [4.78, 5) is 8.82. The van der Waals surface area contributed by atoms with Crippen LogP contribution in [0.25, 0.3) is 11.3 Å². The summed E-state index contributed by atoms with van der Waals surface area (Å²) < 4.78 is 41.7. The van der Waals surface area contributed by atoms with Gasteiger partial charge in [-0.05, 0) is 42.5 Å². The number of rotatable bonds is 3. The fraction of sp³-hybridized carbons (Fsp3) is 0.304. The summed E-state index contributed by atoms with van der Waals surface area (Å²) in [6.45, 7) is 0.686. The summed E-state index contributed by atoms with van der Waals surface area (Å²) >= 11 is 0. The number of anilines is 1. The monoisotopic (exact) mass is 438 g/mol. The van der Waals surface area contributed by atoms with Crippen LogP contribution in [0.15, 0.2) is 59.6 Å². The number of fused-ring (bicyclic) bond motifs is 4. The SMILES string of the molecule is CNc1ncc2c(n1)-c1ccccc1C1(CCN(S(=O)(=O)c3ccccc3F)CC1)C2. The number of benzene rings is 2. The second kappa shape index (κ2) is 7.39. The molecule has 2 aliphatic rings. The van der Waals surface area contributed by atoms with Crippen molar-refractivity contribution in [1.29, 1.82) is 0 Å². The Morgan fingerprint density at radius 2 is 1.77 bits per heavy atom. The van der Waals surface area contributed by atoms with Gasteiger partial charge in [-0.2, -0.15) is 4.31 Å². The maximum absolute atomic E-state index is 14.2. The average molecular weight is 439 g/mol. The Balaban J connectivity index is 1.48. The Hall–Kier alpha value is -2.84. The van der Waals surface area contributed by atoms with Gasteiger partial charge in [0.2, 0.25) is 16.0 Å². The lowest BCUT2D eigenvalue weighted by Gasteiger charge is -2.45. The molecule has 1 spiro atoms. The van der Waals surface area contributed by atoms with Crippen molar-refractivity contribution in [3.8, 4) is 11.3 Å². The summed E-state index contributed by atoms with van der Waals surface area (Å²) in [7, 11) is -2.07. The van der Waals surface area contributed by atoms with E-state index in [1.165, 1.54) is 28.1 Å². The van der Waals surface area contributed by atoms with Crippen LogP contribution >= 0.6 is 0 Å². The molecule has 160 valence electrons. The molecule has 1 fully saturated rings. The molecule has 2 aromatic carbocycles. The van der Waals surface area contributed by atoms with Gasteiger partial charge in [0.25, 0.3) is 0 Å². The van der Waals surface area contributed by atoms with E-state index >= 15 is 0 Å². The molecule has 3 aromatic rings.